The van der Waals surface area contributed by atoms with Gasteiger partial charge in [0.15, 0.2) is 0 Å². The number of hydrogen-bond acceptors (Lipinski definition) is 6. The fourth-order valence-corrected chi connectivity index (χ4v) is 2.90. The maximum atomic E-state index is 12.4. The number of benzene rings is 1. The van der Waals surface area contributed by atoms with Gasteiger partial charge in [0.2, 0.25) is 11.8 Å². The summed E-state index contributed by atoms with van der Waals surface area (Å²) in [6.45, 7) is -0.789. The number of carboxylic acid groups (broad SMARTS) is 2. The average Bonchev–Trinajstić information content (AvgIpc) is 3.11. The summed E-state index contributed by atoms with van der Waals surface area (Å²) in [5.41, 5.74) is 7.62. The van der Waals surface area contributed by atoms with E-state index in [0.717, 1.165) is 16.5 Å². The highest BCUT2D eigenvalue weighted by molar-refractivity contribution is 5.92. The molecule has 2 amide bonds. The molecule has 0 aliphatic heterocycles. The van der Waals surface area contributed by atoms with Crippen molar-refractivity contribution in [3.05, 3.63) is 36.0 Å². The third-order valence-corrected chi connectivity index (χ3v) is 4.53. The number of aliphatic hydroxyl groups excluding tert-OH is 1. The average molecular weight is 420 g/mol. The number of carbonyl (C=O) groups is 4. The highest BCUT2D eigenvalue weighted by Gasteiger charge is 2.28. The first-order valence-electron chi connectivity index (χ1n) is 9.19. The van der Waals surface area contributed by atoms with Crippen molar-refractivity contribution in [1.82, 2.24) is 15.6 Å². The molecule has 1 aromatic carbocycles. The van der Waals surface area contributed by atoms with E-state index in [0.29, 0.717) is 0 Å². The Bertz CT molecular complexity index is 926. The molecule has 0 spiro atoms. The van der Waals surface area contributed by atoms with E-state index in [9.17, 15) is 24.3 Å². The first-order valence-corrected chi connectivity index (χ1v) is 9.19. The first kappa shape index (κ1) is 22.8. The van der Waals surface area contributed by atoms with Crippen LogP contribution in [0.15, 0.2) is 30.5 Å². The number of rotatable bonds is 11. The SMILES string of the molecule is N[C@@H](Cc1c[nH]c2ccccc12)C(=O)N[C@@H](CO)C(=O)N[C@@H](CCC(=O)O)C(=O)O. The minimum atomic E-state index is -1.47. The van der Waals surface area contributed by atoms with Crippen LogP contribution in [0.1, 0.15) is 18.4 Å². The minimum Gasteiger partial charge on any atom is -0.481 e. The van der Waals surface area contributed by atoms with Crippen LogP contribution < -0.4 is 16.4 Å². The van der Waals surface area contributed by atoms with Crippen LogP contribution in [0.5, 0.6) is 0 Å². The number of fused-ring (bicyclic) bond motifs is 1. The van der Waals surface area contributed by atoms with Gasteiger partial charge in [-0.05, 0) is 24.5 Å². The zero-order valence-corrected chi connectivity index (χ0v) is 16.0. The molecule has 2 rings (SSSR count). The van der Waals surface area contributed by atoms with E-state index in [1.807, 2.05) is 24.3 Å². The van der Waals surface area contributed by atoms with Gasteiger partial charge in [-0.3, -0.25) is 14.4 Å². The van der Waals surface area contributed by atoms with Crippen molar-refractivity contribution in [3.63, 3.8) is 0 Å². The molecule has 0 saturated carbocycles. The van der Waals surface area contributed by atoms with Gasteiger partial charge in [0, 0.05) is 23.5 Å². The van der Waals surface area contributed by atoms with E-state index in [-0.39, 0.29) is 12.8 Å². The Kier molecular flexibility index (Phi) is 7.90. The minimum absolute atomic E-state index is 0.173. The van der Waals surface area contributed by atoms with Crippen molar-refractivity contribution < 1.29 is 34.5 Å². The third kappa shape index (κ3) is 6.03. The van der Waals surface area contributed by atoms with Gasteiger partial charge in [0.05, 0.1) is 12.6 Å². The number of H-pyrrole nitrogens is 1. The molecule has 0 radical (unpaired) electrons. The van der Waals surface area contributed by atoms with Gasteiger partial charge in [-0.2, -0.15) is 0 Å². The molecule has 11 heteroatoms. The number of amides is 2. The second kappa shape index (κ2) is 10.4. The number of aliphatic hydroxyl groups is 1. The summed E-state index contributed by atoms with van der Waals surface area (Å²) in [6, 6.07) is 3.53. The molecule has 30 heavy (non-hydrogen) atoms. The molecule has 11 nitrogen and oxygen atoms in total. The number of para-hydroxylation sites is 1. The van der Waals surface area contributed by atoms with Crippen molar-refractivity contribution >= 4 is 34.7 Å². The lowest BCUT2D eigenvalue weighted by Crippen LogP contribution is -2.56. The number of nitrogens with two attached hydrogens (primary N) is 1. The number of aromatic amines is 1. The highest BCUT2D eigenvalue weighted by Crippen LogP contribution is 2.18. The lowest BCUT2D eigenvalue weighted by molar-refractivity contribution is -0.143. The molecule has 0 aliphatic rings. The van der Waals surface area contributed by atoms with Crippen LogP contribution in [-0.4, -0.2) is 68.8 Å². The quantitative estimate of drug-likeness (QED) is 0.239. The summed E-state index contributed by atoms with van der Waals surface area (Å²) in [7, 11) is 0. The van der Waals surface area contributed by atoms with Crippen LogP contribution in [0, 0.1) is 0 Å². The summed E-state index contributed by atoms with van der Waals surface area (Å²) in [6.07, 6.45) is 1.09. The summed E-state index contributed by atoms with van der Waals surface area (Å²) in [4.78, 5) is 49.5. The van der Waals surface area contributed by atoms with E-state index in [1.54, 1.807) is 6.20 Å². The monoisotopic (exact) mass is 420 g/mol. The summed E-state index contributed by atoms with van der Waals surface area (Å²) >= 11 is 0. The van der Waals surface area contributed by atoms with E-state index in [2.05, 4.69) is 15.6 Å². The maximum absolute atomic E-state index is 12.4. The second-order valence-corrected chi connectivity index (χ2v) is 6.75. The fourth-order valence-electron chi connectivity index (χ4n) is 2.90. The van der Waals surface area contributed by atoms with Gasteiger partial charge in [-0.25, -0.2) is 4.79 Å². The molecular weight excluding hydrogens is 396 g/mol. The normalized spacial score (nSPS) is 13.9. The molecular formula is C19H24N4O7. The smallest absolute Gasteiger partial charge is 0.326 e. The molecule has 162 valence electrons. The highest BCUT2D eigenvalue weighted by atomic mass is 16.4. The van der Waals surface area contributed by atoms with Gasteiger partial charge in [0.25, 0.3) is 0 Å². The molecule has 2 aromatic rings. The predicted octanol–water partition coefficient (Wildman–Crippen LogP) is -1.05. The Balaban J connectivity index is 1.97. The third-order valence-electron chi connectivity index (χ3n) is 4.53. The molecule has 3 atom stereocenters. The van der Waals surface area contributed by atoms with E-state index < -0.39 is 54.9 Å². The van der Waals surface area contributed by atoms with Crippen molar-refractivity contribution in [2.45, 2.75) is 37.4 Å². The number of carbonyl (C=O) groups excluding carboxylic acids is 2. The van der Waals surface area contributed by atoms with Gasteiger partial charge in [-0.15, -0.1) is 0 Å². The van der Waals surface area contributed by atoms with E-state index in [4.69, 9.17) is 15.9 Å². The molecule has 0 bridgehead atoms. The standard InChI is InChI=1S/C19H24N4O7/c20-12(7-10-8-21-13-4-2-1-3-11(10)13)17(27)23-15(9-24)18(28)22-14(19(29)30)5-6-16(25)26/h1-4,8,12,14-15,21,24H,5-7,9,20H2,(H,22,28)(H,23,27)(H,25,26)(H,29,30)/t12-,14-,15-/m0/s1. The lowest BCUT2D eigenvalue weighted by Gasteiger charge is -2.21. The predicted molar refractivity (Wildman–Crippen MR) is 105 cm³/mol. The Morgan fingerprint density at radius 2 is 1.70 bits per heavy atom. The Morgan fingerprint density at radius 3 is 2.33 bits per heavy atom. The van der Waals surface area contributed by atoms with Crippen LogP contribution in [0.4, 0.5) is 0 Å². The zero-order valence-electron chi connectivity index (χ0n) is 16.0. The Hall–Kier alpha value is -3.44. The van der Waals surface area contributed by atoms with Crippen LogP contribution >= 0.6 is 0 Å². The van der Waals surface area contributed by atoms with E-state index in [1.165, 1.54) is 0 Å². The van der Waals surface area contributed by atoms with Crippen LogP contribution in [-0.2, 0) is 25.6 Å². The van der Waals surface area contributed by atoms with Crippen LogP contribution in [0.2, 0.25) is 0 Å². The maximum Gasteiger partial charge on any atom is 0.326 e. The van der Waals surface area contributed by atoms with Crippen molar-refractivity contribution in [3.8, 4) is 0 Å². The number of aliphatic carboxylic acids is 2. The van der Waals surface area contributed by atoms with Crippen LogP contribution in [0.3, 0.4) is 0 Å². The van der Waals surface area contributed by atoms with Gasteiger partial charge < -0.3 is 36.7 Å². The number of aromatic nitrogens is 1. The second-order valence-electron chi connectivity index (χ2n) is 6.75. The number of carboxylic acids is 2. The molecule has 1 heterocycles. The zero-order chi connectivity index (χ0) is 22.3. The Morgan fingerprint density at radius 1 is 1.03 bits per heavy atom. The van der Waals surface area contributed by atoms with E-state index >= 15 is 0 Å². The van der Waals surface area contributed by atoms with Gasteiger partial charge in [0.1, 0.15) is 12.1 Å². The summed E-state index contributed by atoms with van der Waals surface area (Å²) in [5, 5.41) is 32.5. The first-order chi connectivity index (χ1) is 14.2. The summed E-state index contributed by atoms with van der Waals surface area (Å²) in [5.74, 6) is -4.30. The molecule has 0 fully saturated rings. The largest absolute Gasteiger partial charge is 0.481 e. The number of hydrogen-bond donors (Lipinski definition) is 7. The Labute approximate surface area is 171 Å². The van der Waals surface area contributed by atoms with Gasteiger partial charge >= 0.3 is 11.9 Å². The topological polar surface area (TPSA) is 195 Å². The van der Waals surface area contributed by atoms with Crippen molar-refractivity contribution in [1.29, 1.82) is 0 Å². The molecule has 0 saturated heterocycles. The molecule has 1 aromatic heterocycles. The molecule has 8 N–H and O–H groups in total. The van der Waals surface area contributed by atoms with Crippen LogP contribution in [0.25, 0.3) is 10.9 Å². The van der Waals surface area contributed by atoms with Crippen molar-refractivity contribution in [2.24, 2.45) is 5.73 Å². The van der Waals surface area contributed by atoms with Crippen molar-refractivity contribution in [2.75, 3.05) is 6.61 Å². The molecule has 0 aliphatic carbocycles. The molecule has 0 unspecified atom stereocenters. The fraction of sp³-hybridized carbons (Fsp3) is 0.368. The summed E-state index contributed by atoms with van der Waals surface area (Å²) < 4.78 is 0. The van der Waals surface area contributed by atoms with Gasteiger partial charge in [-0.1, -0.05) is 18.2 Å². The number of nitrogens with one attached hydrogen (secondary N) is 3. The lowest BCUT2D eigenvalue weighted by atomic mass is 10.0.